The number of amides is 1. The zero-order valence-electron chi connectivity index (χ0n) is 15.1. The van der Waals surface area contributed by atoms with Gasteiger partial charge in [-0.1, -0.05) is 18.2 Å². The van der Waals surface area contributed by atoms with E-state index < -0.39 is 0 Å². The van der Waals surface area contributed by atoms with Gasteiger partial charge in [-0.05, 0) is 37.3 Å². The van der Waals surface area contributed by atoms with Gasteiger partial charge in [0.15, 0.2) is 0 Å². The number of benzene rings is 1. The fourth-order valence-electron chi connectivity index (χ4n) is 3.92. The lowest BCUT2D eigenvalue weighted by molar-refractivity contribution is -0.122. The van der Waals surface area contributed by atoms with E-state index in [-0.39, 0.29) is 24.0 Å². The number of carbonyl (C=O) groups excluding carboxylic acids is 1. The molecular formula is C20H24N4O2. The van der Waals surface area contributed by atoms with Crippen molar-refractivity contribution in [3.63, 3.8) is 0 Å². The number of aromatic amines is 1. The van der Waals surface area contributed by atoms with Gasteiger partial charge in [-0.2, -0.15) is 5.10 Å². The Kier molecular flexibility index (Phi) is 4.28. The first-order valence-corrected chi connectivity index (χ1v) is 9.03. The molecule has 0 aliphatic heterocycles. The molecule has 0 spiro atoms. The van der Waals surface area contributed by atoms with Crippen molar-refractivity contribution in [1.82, 2.24) is 20.1 Å². The molecule has 1 amide bonds. The third kappa shape index (κ3) is 3.12. The SMILES string of the molecule is Cc1[nH]c2ccccc2c1CC(=O)N[C@H](c1cnn(C)c1)C1CC(O)C1. The smallest absolute Gasteiger partial charge is 0.225 e. The normalized spacial score (nSPS) is 20.7. The summed E-state index contributed by atoms with van der Waals surface area (Å²) in [5.74, 6) is 0.246. The van der Waals surface area contributed by atoms with Crippen LogP contribution in [0.25, 0.3) is 10.9 Å². The second-order valence-corrected chi connectivity index (χ2v) is 7.33. The van der Waals surface area contributed by atoms with Crippen LogP contribution in [0.5, 0.6) is 0 Å². The molecule has 1 aliphatic rings. The topological polar surface area (TPSA) is 82.9 Å². The maximum Gasteiger partial charge on any atom is 0.225 e. The molecule has 136 valence electrons. The zero-order chi connectivity index (χ0) is 18.3. The number of aliphatic hydroxyl groups is 1. The number of fused-ring (bicyclic) bond motifs is 1. The van der Waals surface area contributed by atoms with E-state index in [2.05, 4.69) is 15.4 Å². The predicted octanol–water partition coefficient (Wildman–Crippen LogP) is 2.38. The molecule has 6 nitrogen and oxygen atoms in total. The second-order valence-electron chi connectivity index (χ2n) is 7.33. The van der Waals surface area contributed by atoms with Gasteiger partial charge >= 0.3 is 0 Å². The number of aryl methyl sites for hydroxylation is 2. The Hall–Kier alpha value is -2.60. The summed E-state index contributed by atoms with van der Waals surface area (Å²) < 4.78 is 1.74. The van der Waals surface area contributed by atoms with Crippen LogP contribution in [0, 0.1) is 12.8 Å². The van der Waals surface area contributed by atoms with Crippen molar-refractivity contribution >= 4 is 16.8 Å². The Balaban J connectivity index is 1.53. The van der Waals surface area contributed by atoms with Gasteiger partial charge in [0.2, 0.25) is 5.91 Å². The number of nitrogens with one attached hydrogen (secondary N) is 2. The van der Waals surface area contributed by atoms with E-state index in [1.54, 1.807) is 10.9 Å². The number of hydrogen-bond donors (Lipinski definition) is 3. The Morgan fingerprint density at radius 1 is 1.42 bits per heavy atom. The third-order valence-corrected chi connectivity index (χ3v) is 5.39. The van der Waals surface area contributed by atoms with Gasteiger partial charge in [0.05, 0.1) is 24.8 Å². The lowest BCUT2D eigenvalue weighted by Gasteiger charge is -2.37. The summed E-state index contributed by atoms with van der Waals surface area (Å²) >= 11 is 0. The number of H-pyrrole nitrogens is 1. The molecule has 4 rings (SSSR count). The van der Waals surface area contributed by atoms with Crippen molar-refractivity contribution in [3.05, 3.63) is 53.5 Å². The van der Waals surface area contributed by atoms with E-state index in [1.165, 1.54) is 0 Å². The lowest BCUT2D eigenvalue weighted by Crippen LogP contribution is -2.41. The van der Waals surface area contributed by atoms with E-state index in [4.69, 9.17) is 0 Å². The van der Waals surface area contributed by atoms with Crippen LogP contribution in [-0.2, 0) is 18.3 Å². The molecule has 1 saturated carbocycles. The molecule has 0 bridgehead atoms. The van der Waals surface area contributed by atoms with E-state index in [1.807, 2.05) is 44.4 Å². The molecule has 1 aliphatic carbocycles. The molecule has 1 aromatic carbocycles. The minimum Gasteiger partial charge on any atom is -0.393 e. The van der Waals surface area contributed by atoms with Crippen LogP contribution >= 0.6 is 0 Å². The van der Waals surface area contributed by atoms with Crippen molar-refractivity contribution in [2.45, 2.75) is 38.3 Å². The number of nitrogens with zero attached hydrogens (tertiary/aromatic N) is 2. The minimum absolute atomic E-state index is 0.00639. The molecule has 1 fully saturated rings. The Morgan fingerprint density at radius 2 is 2.19 bits per heavy atom. The quantitative estimate of drug-likeness (QED) is 0.659. The van der Waals surface area contributed by atoms with E-state index in [0.717, 1.165) is 27.7 Å². The first kappa shape index (κ1) is 16.8. The van der Waals surface area contributed by atoms with Gasteiger partial charge in [-0.3, -0.25) is 9.48 Å². The van der Waals surface area contributed by atoms with Crippen molar-refractivity contribution in [2.75, 3.05) is 0 Å². The third-order valence-electron chi connectivity index (χ3n) is 5.39. The van der Waals surface area contributed by atoms with Crippen molar-refractivity contribution in [1.29, 1.82) is 0 Å². The summed E-state index contributed by atoms with van der Waals surface area (Å²) in [5, 5.41) is 18.2. The molecule has 1 atom stereocenters. The lowest BCUT2D eigenvalue weighted by atomic mass is 9.75. The average molecular weight is 352 g/mol. The summed E-state index contributed by atoms with van der Waals surface area (Å²) in [4.78, 5) is 16.2. The fraction of sp³-hybridized carbons (Fsp3) is 0.400. The molecule has 0 radical (unpaired) electrons. The second kappa shape index (κ2) is 6.61. The maximum atomic E-state index is 12.8. The van der Waals surface area contributed by atoms with Crippen molar-refractivity contribution in [2.24, 2.45) is 13.0 Å². The number of rotatable bonds is 5. The molecule has 3 N–H and O–H groups in total. The van der Waals surface area contributed by atoms with Crippen molar-refractivity contribution < 1.29 is 9.90 Å². The molecule has 26 heavy (non-hydrogen) atoms. The number of hydrogen-bond acceptors (Lipinski definition) is 3. The Bertz CT molecular complexity index is 936. The van der Waals surface area contributed by atoms with Crippen LogP contribution < -0.4 is 5.32 Å². The van der Waals surface area contributed by atoms with Gasteiger partial charge in [-0.25, -0.2) is 0 Å². The highest BCUT2D eigenvalue weighted by Gasteiger charge is 2.36. The first-order valence-electron chi connectivity index (χ1n) is 9.03. The van der Waals surface area contributed by atoms with Crippen LogP contribution in [0.15, 0.2) is 36.7 Å². The van der Waals surface area contributed by atoms with Gasteiger partial charge in [-0.15, -0.1) is 0 Å². The summed E-state index contributed by atoms with van der Waals surface area (Å²) in [5.41, 5.74) is 4.11. The Morgan fingerprint density at radius 3 is 2.88 bits per heavy atom. The van der Waals surface area contributed by atoms with Crippen LogP contribution in [-0.4, -0.2) is 31.9 Å². The van der Waals surface area contributed by atoms with Crippen LogP contribution in [0.4, 0.5) is 0 Å². The largest absolute Gasteiger partial charge is 0.393 e. The van der Waals surface area contributed by atoms with Gasteiger partial charge in [0, 0.05) is 35.4 Å². The van der Waals surface area contributed by atoms with E-state index in [0.29, 0.717) is 19.3 Å². The monoisotopic (exact) mass is 352 g/mol. The summed E-state index contributed by atoms with van der Waals surface area (Å²) in [6.45, 7) is 2.00. The minimum atomic E-state index is -0.257. The number of aliphatic hydroxyl groups excluding tert-OH is 1. The molecule has 6 heteroatoms. The molecule has 0 unspecified atom stereocenters. The predicted molar refractivity (Wildman–Crippen MR) is 99.6 cm³/mol. The zero-order valence-corrected chi connectivity index (χ0v) is 15.1. The standard InChI is InChI=1S/C20H24N4O2/c1-12-17(16-5-3-4-6-18(16)22-12)9-19(26)23-20(13-7-15(25)8-13)14-10-21-24(2)11-14/h3-6,10-11,13,15,20,22,25H,7-9H2,1-2H3,(H,23,26)/t13?,15?,20-/m0/s1. The molecular weight excluding hydrogens is 328 g/mol. The summed E-state index contributed by atoms with van der Waals surface area (Å²) in [6.07, 6.45) is 5.24. The summed E-state index contributed by atoms with van der Waals surface area (Å²) in [6, 6.07) is 7.94. The van der Waals surface area contributed by atoms with E-state index in [9.17, 15) is 9.90 Å². The van der Waals surface area contributed by atoms with E-state index >= 15 is 0 Å². The molecule has 0 saturated heterocycles. The van der Waals surface area contributed by atoms with Crippen LogP contribution in [0.3, 0.4) is 0 Å². The van der Waals surface area contributed by atoms with Gasteiger partial charge in [0.25, 0.3) is 0 Å². The molecule has 3 aromatic rings. The highest BCUT2D eigenvalue weighted by Crippen LogP contribution is 2.38. The van der Waals surface area contributed by atoms with Crippen molar-refractivity contribution in [3.8, 4) is 0 Å². The first-order chi connectivity index (χ1) is 12.5. The number of aromatic nitrogens is 3. The highest BCUT2D eigenvalue weighted by atomic mass is 16.3. The maximum absolute atomic E-state index is 12.8. The van der Waals surface area contributed by atoms with Crippen LogP contribution in [0.1, 0.15) is 35.7 Å². The fourth-order valence-corrected chi connectivity index (χ4v) is 3.92. The summed E-state index contributed by atoms with van der Waals surface area (Å²) in [7, 11) is 1.87. The number of carbonyl (C=O) groups is 1. The van der Waals surface area contributed by atoms with Gasteiger partial charge < -0.3 is 15.4 Å². The highest BCUT2D eigenvalue weighted by molar-refractivity contribution is 5.90. The van der Waals surface area contributed by atoms with Gasteiger partial charge in [0.1, 0.15) is 0 Å². The Labute approximate surface area is 152 Å². The molecule has 2 heterocycles. The molecule has 2 aromatic heterocycles. The average Bonchev–Trinajstić information content (AvgIpc) is 3.14. The van der Waals surface area contributed by atoms with Crippen LogP contribution in [0.2, 0.25) is 0 Å². The number of para-hydroxylation sites is 1.